The Labute approximate surface area is 113 Å². The van der Waals surface area contributed by atoms with Crippen molar-refractivity contribution < 1.29 is 9.84 Å². The van der Waals surface area contributed by atoms with E-state index in [2.05, 4.69) is 18.9 Å². The van der Waals surface area contributed by atoms with Gasteiger partial charge in [0.2, 0.25) is 5.88 Å². The third kappa shape index (κ3) is 2.49. The zero-order valence-electron chi connectivity index (χ0n) is 11.8. The molecule has 0 aliphatic rings. The Balaban J connectivity index is 2.63. The molecule has 0 unspecified atom stereocenters. The number of nitrogens with zero attached hydrogens (tertiary/aromatic N) is 2. The van der Waals surface area contributed by atoms with Crippen molar-refractivity contribution in [3.05, 3.63) is 41.1 Å². The van der Waals surface area contributed by atoms with E-state index in [0.29, 0.717) is 5.88 Å². The van der Waals surface area contributed by atoms with Gasteiger partial charge in [0.25, 0.3) is 0 Å². The van der Waals surface area contributed by atoms with Gasteiger partial charge in [0.1, 0.15) is 0 Å². The van der Waals surface area contributed by atoms with E-state index in [-0.39, 0.29) is 12.5 Å². The average Bonchev–Trinajstić information content (AvgIpc) is 2.77. The van der Waals surface area contributed by atoms with Crippen LogP contribution in [0.5, 0.6) is 5.88 Å². The summed E-state index contributed by atoms with van der Waals surface area (Å²) in [6.45, 7) is 6.08. The standard InChI is InChI=1S/C15H20N2O2/c1-10(2)14-13(9-18)15(19-4)17(16-14)12-7-5-6-11(3)8-12/h5-8,10,18H,9H2,1-4H3. The molecule has 2 rings (SSSR count). The van der Waals surface area contributed by atoms with Crippen LogP contribution in [0.4, 0.5) is 0 Å². The van der Waals surface area contributed by atoms with Crippen LogP contribution < -0.4 is 4.74 Å². The predicted octanol–water partition coefficient (Wildman–Crippen LogP) is 2.81. The Kier molecular flexibility index (Phi) is 3.90. The SMILES string of the molecule is COc1c(CO)c(C(C)C)nn1-c1cccc(C)c1. The maximum absolute atomic E-state index is 9.56. The maximum atomic E-state index is 9.56. The molecular weight excluding hydrogens is 240 g/mol. The van der Waals surface area contributed by atoms with E-state index in [4.69, 9.17) is 4.74 Å². The molecule has 1 aromatic heterocycles. The Bertz CT molecular complexity index is 574. The molecule has 19 heavy (non-hydrogen) atoms. The minimum absolute atomic E-state index is 0.0670. The van der Waals surface area contributed by atoms with E-state index < -0.39 is 0 Å². The molecule has 1 N–H and O–H groups in total. The van der Waals surface area contributed by atoms with Gasteiger partial charge in [-0.3, -0.25) is 0 Å². The van der Waals surface area contributed by atoms with Crippen molar-refractivity contribution in [1.29, 1.82) is 0 Å². The summed E-state index contributed by atoms with van der Waals surface area (Å²) in [5.74, 6) is 0.846. The number of aliphatic hydroxyl groups excluding tert-OH is 1. The normalized spacial score (nSPS) is 11.1. The lowest BCUT2D eigenvalue weighted by molar-refractivity contribution is 0.270. The van der Waals surface area contributed by atoms with Crippen molar-refractivity contribution in [3.63, 3.8) is 0 Å². The Morgan fingerprint density at radius 3 is 2.63 bits per heavy atom. The van der Waals surface area contributed by atoms with E-state index in [1.165, 1.54) is 0 Å². The van der Waals surface area contributed by atoms with Gasteiger partial charge < -0.3 is 9.84 Å². The van der Waals surface area contributed by atoms with Crippen molar-refractivity contribution in [3.8, 4) is 11.6 Å². The van der Waals surface area contributed by atoms with Crippen molar-refractivity contribution in [2.24, 2.45) is 0 Å². The van der Waals surface area contributed by atoms with Gasteiger partial charge in [-0.2, -0.15) is 5.10 Å². The summed E-state index contributed by atoms with van der Waals surface area (Å²) in [6.07, 6.45) is 0. The second-order valence-electron chi connectivity index (χ2n) is 4.94. The maximum Gasteiger partial charge on any atom is 0.222 e. The van der Waals surface area contributed by atoms with Crippen LogP contribution in [0.15, 0.2) is 24.3 Å². The van der Waals surface area contributed by atoms with Gasteiger partial charge in [-0.05, 0) is 30.5 Å². The summed E-state index contributed by atoms with van der Waals surface area (Å²) >= 11 is 0. The van der Waals surface area contributed by atoms with Gasteiger partial charge in [-0.25, -0.2) is 4.68 Å². The van der Waals surface area contributed by atoms with Gasteiger partial charge in [-0.15, -0.1) is 0 Å². The van der Waals surface area contributed by atoms with E-state index in [1.807, 2.05) is 31.2 Å². The second kappa shape index (κ2) is 5.45. The quantitative estimate of drug-likeness (QED) is 0.919. The zero-order valence-corrected chi connectivity index (χ0v) is 11.8. The molecule has 0 bridgehead atoms. The molecule has 0 aliphatic carbocycles. The van der Waals surface area contributed by atoms with E-state index in [9.17, 15) is 5.11 Å². The molecule has 0 atom stereocenters. The molecule has 2 aromatic rings. The Hall–Kier alpha value is -1.81. The van der Waals surface area contributed by atoms with Crippen LogP contribution >= 0.6 is 0 Å². The van der Waals surface area contributed by atoms with Crippen LogP contribution in [-0.4, -0.2) is 22.0 Å². The van der Waals surface area contributed by atoms with Crippen LogP contribution in [0.25, 0.3) is 5.69 Å². The van der Waals surface area contributed by atoms with E-state index >= 15 is 0 Å². The van der Waals surface area contributed by atoms with Gasteiger partial charge in [0, 0.05) is 0 Å². The fourth-order valence-corrected chi connectivity index (χ4v) is 2.21. The molecule has 0 aliphatic heterocycles. The first-order chi connectivity index (χ1) is 9.08. The highest BCUT2D eigenvalue weighted by atomic mass is 16.5. The number of hydrogen-bond donors (Lipinski definition) is 1. The minimum Gasteiger partial charge on any atom is -0.481 e. The van der Waals surface area contributed by atoms with E-state index in [1.54, 1.807) is 11.8 Å². The molecule has 4 heteroatoms. The first-order valence-corrected chi connectivity index (χ1v) is 6.42. The lowest BCUT2D eigenvalue weighted by atomic mass is 10.1. The highest BCUT2D eigenvalue weighted by Crippen LogP contribution is 2.30. The van der Waals surface area contributed by atoms with Crippen molar-refractivity contribution in [2.45, 2.75) is 33.3 Å². The first kappa shape index (κ1) is 13.6. The average molecular weight is 260 g/mol. The number of aliphatic hydroxyl groups is 1. The Morgan fingerprint density at radius 2 is 2.11 bits per heavy atom. The molecule has 0 amide bonds. The predicted molar refractivity (Wildman–Crippen MR) is 74.9 cm³/mol. The van der Waals surface area contributed by atoms with E-state index in [0.717, 1.165) is 22.5 Å². The molecule has 0 spiro atoms. The molecule has 0 radical (unpaired) electrons. The molecule has 1 aromatic carbocycles. The van der Waals surface area contributed by atoms with Crippen LogP contribution in [0.1, 0.15) is 36.6 Å². The summed E-state index contributed by atoms with van der Waals surface area (Å²) in [6, 6.07) is 8.05. The number of methoxy groups -OCH3 is 1. The molecule has 1 heterocycles. The lowest BCUT2D eigenvalue weighted by Crippen LogP contribution is -2.01. The van der Waals surface area contributed by atoms with Crippen LogP contribution in [0.3, 0.4) is 0 Å². The topological polar surface area (TPSA) is 47.3 Å². The summed E-state index contributed by atoms with van der Waals surface area (Å²) in [4.78, 5) is 0. The van der Waals surface area contributed by atoms with Crippen molar-refractivity contribution in [2.75, 3.05) is 7.11 Å². The molecule has 102 valence electrons. The second-order valence-corrected chi connectivity index (χ2v) is 4.94. The van der Waals surface area contributed by atoms with Crippen LogP contribution in [-0.2, 0) is 6.61 Å². The largest absolute Gasteiger partial charge is 0.481 e. The van der Waals surface area contributed by atoms with Crippen LogP contribution in [0, 0.1) is 6.92 Å². The van der Waals surface area contributed by atoms with Crippen molar-refractivity contribution in [1.82, 2.24) is 9.78 Å². The number of aromatic nitrogens is 2. The van der Waals surface area contributed by atoms with Gasteiger partial charge in [-0.1, -0.05) is 26.0 Å². The monoisotopic (exact) mass is 260 g/mol. The van der Waals surface area contributed by atoms with Gasteiger partial charge in [0.05, 0.1) is 30.7 Å². The first-order valence-electron chi connectivity index (χ1n) is 6.42. The number of ether oxygens (including phenoxy) is 1. The zero-order chi connectivity index (χ0) is 14.0. The molecule has 0 saturated carbocycles. The highest BCUT2D eigenvalue weighted by Gasteiger charge is 2.20. The Morgan fingerprint density at radius 1 is 1.37 bits per heavy atom. The fraction of sp³-hybridized carbons (Fsp3) is 0.400. The number of benzene rings is 1. The molecule has 4 nitrogen and oxygen atoms in total. The summed E-state index contributed by atoms with van der Waals surface area (Å²) in [7, 11) is 1.60. The molecular formula is C15H20N2O2. The third-order valence-corrected chi connectivity index (χ3v) is 3.11. The lowest BCUT2D eigenvalue weighted by Gasteiger charge is -2.07. The van der Waals surface area contributed by atoms with Gasteiger partial charge in [0.15, 0.2) is 0 Å². The number of aryl methyl sites for hydroxylation is 1. The minimum atomic E-state index is -0.0670. The van der Waals surface area contributed by atoms with Gasteiger partial charge >= 0.3 is 0 Å². The smallest absolute Gasteiger partial charge is 0.222 e. The summed E-state index contributed by atoms with van der Waals surface area (Å²) in [5.41, 5.74) is 3.74. The summed E-state index contributed by atoms with van der Waals surface area (Å²) in [5, 5.41) is 14.2. The molecule has 0 saturated heterocycles. The van der Waals surface area contributed by atoms with Crippen molar-refractivity contribution >= 4 is 0 Å². The molecule has 0 fully saturated rings. The fourth-order valence-electron chi connectivity index (χ4n) is 2.21. The number of rotatable bonds is 4. The van der Waals surface area contributed by atoms with Crippen LogP contribution in [0.2, 0.25) is 0 Å². The number of hydrogen-bond acceptors (Lipinski definition) is 3. The highest BCUT2D eigenvalue weighted by molar-refractivity contribution is 5.43. The third-order valence-electron chi connectivity index (χ3n) is 3.11. The summed E-state index contributed by atoms with van der Waals surface area (Å²) < 4.78 is 7.19.